The van der Waals surface area contributed by atoms with E-state index in [1.807, 2.05) is 19.1 Å². The van der Waals surface area contributed by atoms with Gasteiger partial charge in [0.05, 0.1) is 5.25 Å². The molecule has 1 unspecified atom stereocenters. The molecule has 0 saturated heterocycles. The maximum Gasteiger partial charge on any atom is 0.111 e. The van der Waals surface area contributed by atoms with Gasteiger partial charge in [0.25, 0.3) is 0 Å². The number of halogens is 1. The summed E-state index contributed by atoms with van der Waals surface area (Å²) >= 11 is 4.92. The van der Waals surface area contributed by atoms with Gasteiger partial charge < -0.3 is 5.73 Å². The first-order valence-corrected chi connectivity index (χ1v) is 5.93. The summed E-state index contributed by atoms with van der Waals surface area (Å²) in [6.45, 7) is 2.01. The molecule has 0 amide bonds. The highest BCUT2D eigenvalue weighted by atomic mass is 79.9. The maximum absolute atomic E-state index is 7.39. The highest BCUT2D eigenvalue weighted by Crippen LogP contribution is 2.29. The molecule has 1 aromatic rings. The van der Waals surface area contributed by atoms with Crippen molar-refractivity contribution in [1.29, 1.82) is 5.41 Å². The Bertz CT molecular complexity index is 330. The van der Waals surface area contributed by atoms with Gasteiger partial charge in [-0.05, 0) is 34.5 Å². The molecule has 0 radical (unpaired) electrons. The van der Waals surface area contributed by atoms with Crippen LogP contribution in [0.2, 0.25) is 0 Å². The molecule has 0 aliphatic heterocycles. The molecule has 3 nitrogen and oxygen atoms in total. The predicted octanol–water partition coefficient (Wildman–Crippen LogP) is 2.65. The largest absolute Gasteiger partial charge is 0.387 e. The van der Waals surface area contributed by atoms with Gasteiger partial charge in [-0.15, -0.1) is 0 Å². The summed E-state index contributed by atoms with van der Waals surface area (Å²) in [6.07, 6.45) is 2.57. The third-order valence-electron chi connectivity index (χ3n) is 1.70. The lowest BCUT2D eigenvalue weighted by Gasteiger charge is -2.12. The van der Waals surface area contributed by atoms with Crippen molar-refractivity contribution in [3.05, 3.63) is 22.8 Å². The number of rotatable bonds is 4. The third kappa shape index (κ3) is 2.99. The molecule has 1 aromatic heterocycles. The SMILES string of the molecule is CCC(Sc1ncccc1Br)C(=N)N. The molecule has 0 fully saturated rings. The van der Waals surface area contributed by atoms with Gasteiger partial charge in [0.15, 0.2) is 0 Å². The van der Waals surface area contributed by atoms with Gasteiger partial charge in [-0.3, -0.25) is 5.41 Å². The van der Waals surface area contributed by atoms with Crippen LogP contribution in [-0.2, 0) is 0 Å². The van der Waals surface area contributed by atoms with Crippen molar-refractivity contribution in [2.24, 2.45) is 5.73 Å². The summed E-state index contributed by atoms with van der Waals surface area (Å²) in [6, 6.07) is 3.80. The molecule has 76 valence electrons. The second kappa shape index (κ2) is 5.36. The van der Waals surface area contributed by atoms with Crippen molar-refractivity contribution in [1.82, 2.24) is 4.98 Å². The van der Waals surface area contributed by atoms with Crippen molar-refractivity contribution < 1.29 is 0 Å². The number of pyridine rings is 1. The Hall–Kier alpha value is -0.550. The molecular formula is C9H12BrN3S. The zero-order valence-electron chi connectivity index (χ0n) is 7.83. The number of amidine groups is 1. The van der Waals surface area contributed by atoms with E-state index in [1.165, 1.54) is 11.8 Å². The van der Waals surface area contributed by atoms with E-state index in [-0.39, 0.29) is 11.1 Å². The molecule has 1 atom stereocenters. The zero-order valence-corrected chi connectivity index (χ0v) is 10.2. The highest BCUT2D eigenvalue weighted by molar-refractivity contribution is 9.10. The Labute approximate surface area is 96.1 Å². The van der Waals surface area contributed by atoms with E-state index < -0.39 is 0 Å². The van der Waals surface area contributed by atoms with Gasteiger partial charge >= 0.3 is 0 Å². The van der Waals surface area contributed by atoms with Crippen LogP contribution in [0.15, 0.2) is 27.8 Å². The van der Waals surface area contributed by atoms with Crippen molar-refractivity contribution in [3.63, 3.8) is 0 Å². The average Bonchev–Trinajstić information content (AvgIpc) is 2.16. The fraction of sp³-hybridized carbons (Fsp3) is 0.333. The second-order valence-corrected chi connectivity index (χ2v) is 4.81. The molecule has 1 heterocycles. The number of hydrogen-bond acceptors (Lipinski definition) is 3. The highest BCUT2D eigenvalue weighted by Gasteiger charge is 2.13. The van der Waals surface area contributed by atoms with Gasteiger partial charge in [0.1, 0.15) is 10.9 Å². The van der Waals surface area contributed by atoms with E-state index in [9.17, 15) is 0 Å². The number of nitrogens with one attached hydrogen (secondary N) is 1. The quantitative estimate of drug-likeness (QED) is 0.504. The molecule has 3 N–H and O–H groups in total. The maximum atomic E-state index is 7.39. The van der Waals surface area contributed by atoms with Crippen LogP contribution in [0.4, 0.5) is 0 Å². The lowest BCUT2D eigenvalue weighted by molar-refractivity contribution is 0.981. The molecule has 0 bridgehead atoms. The van der Waals surface area contributed by atoms with Gasteiger partial charge in [-0.1, -0.05) is 18.7 Å². The number of hydrogen-bond donors (Lipinski definition) is 2. The molecule has 5 heteroatoms. The van der Waals surface area contributed by atoms with Gasteiger partial charge in [0.2, 0.25) is 0 Å². The van der Waals surface area contributed by atoms with Crippen LogP contribution in [0.5, 0.6) is 0 Å². The number of aromatic nitrogens is 1. The van der Waals surface area contributed by atoms with Crippen molar-refractivity contribution in [3.8, 4) is 0 Å². The Morgan fingerprint density at radius 2 is 2.50 bits per heavy atom. The van der Waals surface area contributed by atoms with E-state index in [2.05, 4.69) is 20.9 Å². The second-order valence-electron chi connectivity index (χ2n) is 2.76. The Morgan fingerprint density at radius 3 is 3.00 bits per heavy atom. The van der Waals surface area contributed by atoms with Crippen molar-refractivity contribution >= 4 is 33.5 Å². The first-order valence-electron chi connectivity index (χ1n) is 4.26. The van der Waals surface area contributed by atoms with E-state index in [0.717, 1.165) is 15.9 Å². The van der Waals surface area contributed by atoms with Crippen LogP contribution in [0, 0.1) is 5.41 Å². The van der Waals surface area contributed by atoms with Gasteiger partial charge in [0, 0.05) is 10.7 Å². The van der Waals surface area contributed by atoms with Gasteiger partial charge in [-0.2, -0.15) is 0 Å². The van der Waals surface area contributed by atoms with E-state index >= 15 is 0 Å². The smallest absolute Gasteiger partial charge is 0.111 e. The minimum absolute atomic E-state index is 0.0150. The summed E-state index contributed by atoms with van der Waals surface area (Å²) in [7, 11) is 0. The summed E-state index contributed by atoms with van der Waals surface area (Å²) in [5.41, 5.74) is 5.46. The molecule has 1 rings (SSSR count). The minimum Gasteiger partial charge on any atom is -0.387 e. The first kappa shape index (κ1) is 11.5. The minimum atomic E-state index is 0.0150. The molecule has 14 heavy (non-hydrogen) atoms. The zero-order chi connectivity index (χ0) is 10.6. The first-order chi connectivity index (χ1) is 6.65. The van der Waals surface area contributed by atoms with Gasteiger partial charge in [-0.25, -0.2) is 4.98 Å². The Balaban J connectivity index is 2.77. The van der Waals surface area contributed by atoms with Crippen molar-refractivity contribution in [2.75, 3.05) is 0 Å². The van der Waals surface area contributed by atoms with Crippen LogP contribution in [-0.4, -0.2) is 16.1 Å². The molecule has 0 saturated carbocycles. The fourth-order valence-corrected chi connectivity index (χ4v) is 2.36. The monoisotopic (exact) mass is 273 g/mol. The van der Waals surface area contributed by atoms with E-state index in [1.54, 1.807) is 6.20 Å². The molecule has 0 aromatic carbocycles. The third-order valence-corrected chi connectivity index (χ3v) is 4.02. The summed E-state index contributed by atoms with van der Waals surface area (Å²) in [5, 5.41) is 8.28. The summed E-state index contributed by atoms with van der Waals surface area (Å²) in [4.78, 5) is 4.21. The standard InChI is InChI=1S/C9H12BrN3S/c1-2-7(8(11)12)14-9-6(10)4-3-5-13-9/h3-5,7H,2H2,1H3,(H3,11,12). The Morgan fingerprint density at radius 1 is 1.79 bits per heavy atom. The van der Waals surface area contributed by atoms with Crippen molar-refractivity contribution in [2.45, 2.75) is 23.6 Å². The normalized spacial score (nSPS) is 12.4. The number of nitrogens with zero attached hydrogens (tertiary/aromatic N) is 1. The van der Waals surface area contributed by atoms with Crippen LogP contribution in [0.1, 0.15) is 13.3 Å². The topological polar surface area (TPSA) is 62.8 Å². The molecule has 0 spiro atoms. The van der Waals surface area contributed by atoms with E-state index in [0.29, 0.717) is 0 Å². The van der Waals surface area contributed by atoms with Crippen LogP contribution >= 0.6 is 27.7 Å². The van der Waals surface area contributed by atoms with E-state index in [4.69, 9.17) is 11.1 Å². The molecule has 0 aliphatic carbocycles. The lowest BCUT2D eigenvalue weighted by atomic mass is 10.3. The van der Waals surface area contributed by atoms with Crippen LogP contribution in [0.25, 0.3) is 0 Å². The Kier molecular flexibility index (Phi) is 4.41. The van der Waals surface area contributed by atoms with Crippen LogP contribution < -0.4 is 5.73 Å². The molecule has 0 aliphatic rings. The predicted molar refractivity (Wildman–Crippen MR) is 63.8 cm³/mol. The number of nitrogens with two attached hydrogens (primary N) is 1. The number of thioether (sulfide) groups is 1. The fourth-order valence-electron chi connectivity index (χ4n) is 0.959. The lowest BCUT2D eigenvalue weighted by Crippen LogP contribution is -2.24. The molecular weight excluding hydrogens is 262 g/mol. The van der Waals surface area contributed by atoms with Crippen LogP contribution in [0.3, 0.4) is 0 Å². The average molecular weight is 274 g/mol. The summed E-state index contributed by atoms with van der Waals surface area (Å²) in [5.74, 6) is 0.204. The summed E-state index contributed by atoms with van der Waals surface area (Å²) < 4.78 is 0.949.